The van der Waals surface area contributed by atoms with E-state index in [1.165, 1.54) is 18.4 Å². The first-order valence-electron chi connectivity index (χ1n) is 7.81. The number of amides is 1. The largest absolute Gasteiger partial charge is 0.453 e. The Labute approximate surface area is 152 Å². The summed E-state index contributed by atoms with van der Waals surface area (Å²) < 4.78 is 32.5. The van der Waals surface area contributed by atoms with Gasteiger partial charge in [-0.2, -0.15) is 0 Å². The van der Waals surface area contributed by atoms with Crippen molar-refractivity contribution >= 4 is 27.5 Å². The fourth-order valence-corrected chi connectivity index (χ4v) is 4.81. The van der Waals surface area contributed by atoms with Crippen molar-refractivity contribution in [2.45, 2.75) is 30.5 Å². The number of thiophene rings is 1. The number of methoxy groups -OCH3 is 1. The Morgan fingerprint density at radius 3 is 2.52 bits per heavy atom. The summed E-state index contributed by atoms with van der Waals surface area (Å²) in [6.45, 7) is 4.19. The predicted octanol–water partition coefficient (Wildman–Crippen LogP) is 2.99. The van der Waals surface area contributed by atoms with E-state index in [0.29, 0.717) is 13.0 Å². The van der Waals surface area contributed by atoms with Gasteiger partial charge in [-0.05, 0) is 38.0 Å². The topological polar surface area (TPSA) is 84.5 Å². The molecule has 1 heterocycles. The normalized spacial score (nSPS) is 12.6. The minimum absolute atomic E-state index is 0.263. The quantitative estimate of drug-likeness (QED) is 0.771. The number of carbonyl (C=O) groups excluding carboxylic acids is 1. The summed E-state index contributed by atoms with van der Waals surface area (Å²) in [5.41, 5.74) is 2.04. The average Bonchev–Trinajstić information content (AvgIpc) is 3.04. The Bertz CT molecular complexity index is 813. The molecule has 2 rings (SSSR count). The van der Waals surface area contributed by atoms with Crippen LogP contribution < -0.4 is 10.0 Å². The molecular weight excluding hydrogens is 360 g/mol. The van der Waals surface area contributed by atoms with Gasteiger partial charge in [-0.1, -0.05) is 29.8 Å². The summed E-state index contributed by atoms with van der Waals surface area (Å²) in [4.78, 5) is 11.9. The molecule has 0 bridgehead atoms. The molecule has 1 amide bonds. The maximum absolute atomic E-state index is 12.5. The third-order valence-electron chi connectivity index (χ3n) is 3.64. The number of hydrogen-bond acceptors (Lipinski definition) is 5. The first kappa shape index (κ1) is 19.4. The molecule has 0 aliphatic carbocycles. The fourth-order valence-electron chi connectivity index (χ4n) is 2.21. The number of aryl methyl sites for hydroxylation is 1. The number of carbonyl (C=O) groups is 1. The number of sulfonamides is 1. The molecule has 0 saturated carbocycles. The molecule has 0 spiro atoms. The van der Waals surface area contributed by atoms with E-state index in [9.17, 15) is 13.2 Å². The van der Waals surface area contributed by atoms with Crippen molar-refractivity contribution in [3.05, 3.63) is 52.4 Å². The second-order valence-electron chi connectivity index (χ2n) is 5.64. The monoisotopic (exact) mass is 382 g/mol. The van der Waals surface area contributed by atoms with Gasteiger partial charge < -0.3 is 10.1 Å². The Balaban J connectivity index is 1.99. The predicted molar refractivity (Wildman–Crippen MR) is 98.3 cm³/mol. The van der Waals surface area contributed by atoms with Crippen molar-refractivity contribution < 1.29 is 17.9 Å². The van der Waals surface area contributed by atoms with Gasteiger partial charge in [0, 0.05) is 17.5 Å². The van der Waals surface area contributed by atoms with E-state index in [0.717, 1.165) is 16.0 Å². The van der Waals surface area contributed by atoms with Gasteiger partial charge in [0.05, 0.1) is 7.11 Å². The summed E-state index contributed by atoms with van der Waals surface area (Å²) in [6, 6.07) is 10.8. The SMILES string of the molecule is COC(=O)NCCc1ccc(S(=O)(=O)N[C@@H](C)c2ccc(C)cc2)s1. The lowest BCUT2D eigenvalue weighted by Gasteiger charge is -2.14. The zero-order valence-electron chi connectivity index (χ0n) is 14.4. The van der Waals surface area contributed by atoms with Crippen molar-refractivity contribution in [2.24, 2.45) is 0 Å². The first-order chi connectivity index (χ1) is 11.8. The Morgan fingerprint density at radius 2 is 1.88 bits per heavy atom. The number of ether oxygens (including phenoxy) is 1. The number of rotatable bonds is 7. The second kappa shape index (κ2) is 8.46. The zero-order chi connectivity index (χ0) is 18.4. The lowest BCUT2D eigenvalue weighted by molar-refractivity contribution is 0.171. The molecule has 1 aromatic heterocycles. The maximum Gasteiger partial charge on any atom is 0.406 e. The van der Waals surface area contributed by atoms with Crippen LogP contribution in [0.15, 0.2) is 40.6 Å². The molecule has 8 heteroatoms. The number of hydrogen-bond donors (Lipinski definition) is 2. The highest BCUT2D eigenvalue weighted by Crippen LogP contribution is 2.24. The summed E-state index contributed by atoms with van der Waals surface area (Å²) in [5, 5.41) is 2.57. The van der Waals surface area contributed by atoms with Crippen LogP contribution in [0.3, 0.4) is 0 Å². The van der Waals surface area contributed by atoms with Gasteiger partial charge in [-0.25, -0.2) is 17.9 Å². The van der Waals surface area contributed by atoms with E-state index in [1.807, 2.05) is 38.1 Å². The van der Waals surface area contributed by atoms with Crippen LogP contribution in [0, 0.1) is 6.92 Å². The van der Waals surface area contributed by atoms with E-state index in [-0.39, 0.29) is 10.3 Å². The average molecular weight is 383 g/mol. The molecule has 0 unspecified atom stereocenters. The van der Waals surface area contributed by atoms with Crippen LogP contribution in [0.4, 0.5) is 4.79 Å². The summed E-state index contributed by atoms with van der Waals surface area (Å²) >= 11 is 1.20. The van der Waals surface area contributed by atoms with Crippen LogP contribution >= 0.6 is 11.3 Å². The van der Waals surface area contributed by atoms with Crippen LogP contribution in [0.5, 0.6) is 0 Å². The molecule has 136 valence electrons. The van der Waals surface area contributed by atoms with Gasteiger partial charge in [-0.15, -0.1) is 11.3 Å². The number of alkyl carbamates (subject to hydrolysis) is 1. The minimum atomic E-state index is -3.59. The zero-order valence-corrected chi connectivity index (χ0v) is 16.0. The van der Waals surface area contributed by atoms with Gasteiger partial charge in [0.15, 0.2) is 0 Å². The molecule has 6 nitrogen and oxygen atoms in total. The summed E-state index contributed by atoms with van der Waals surface area (Å²) in [7, 11) is -2.29. The molecule has 0 aliphatic heterocycles. The first-order valence-corrected chi connectivity index (χ1v) is 10.1. The van der Waals surface area contributed by atoms with Gasteiger partial charge in [0.1, 0.15) is 4.21 Å². The highest BCUT2D eigenvalue weighted by Gasteiger charge is 2.20. The molecule has 0 saturated heterocycles. The van der Waals surface area contributed by atoms with Crippen LogP contribution in [0.25, 0.3) is 0 Å². The molecule has 25 heavy (non-hydrogen) atoms. The van der Waals surface area contributed by atoms with Crippen LogP contribution in [0.1, 0.15) is 29.0 Å². The van der Waals surface area contributed by atoms with Crippen LogP contribution in [-0.4, -0.2) is 28.2 Å². The standard InChI is InChI=1S/C17H22N2O4S2/c1-12-4-6-14(7-5-12)13(2)19-25(21,22)16-9-8-15(24-16)10-11-18-17(20)23-3/h4-9,13,19H,10-11H2,1-3H3,(H,18,20)/t13-/m0/s1. The van der Waals surface area contributed by atoms with Crippen molar-refractivity contribution in [1.29, 1.82) is 0 Å². The van der Waals surface area contributed by atoms with Crippen molar-refractivity contribution in [3.63, 3.8) is 0 Å². The van der Waals surface area contributed by atoms with Gasteiger partial charge in [-0.3, -0.25) is 0 Å². The van der Waals surface area contributed by atoms with E-state index >= 15 is 0 Å². The summed E-state index contributed by atoms with van der Waals surface area (Å²) in [5.74, 6) is 0. The lowest BCUT2D eigenvalue weighted by atomic mass is 10.1. The third kappa shape index (κ3) is 5.55. The number of benzene rings is 1. The van der Waals surface area contributed by atoms with E-state index in [1.54, 1.807) is 12.1 Å². The minimum Gasteiger partial charge on any atom is -0.453 e. The van der Waals surface area contributed by atoms with E-state index < -0.39 is 16.1 Å². The highest BCUT2D eigenvalue weighted by atomic mass is 32.2. The molecule has 0 radical (unpaired) electrons. The van der Waals surface area contributed by atoms with Crippen molar-refractivity contribution in [1.82, 2.24) is 10.0 Å². The van der Waals surface area contributed by atoms with Crippen molar-refractivity contribution in [3.8, 4) is 0 Å². The molecule has 1 atom stereocenters. The van der Waals surface area contributed by atoms with Gasteiger partial charge in [0.25, 0.3) is 10.0 Å². The molecule has 2 aromatic rings. The lowest BCUT2D eigenvalue weighted by Crippen LogP contribution is -2.26. The maximum atomic E-state index is 12.5. The van der Waals surface area contributed by atoms with Crippen LogP contribution in [-0.2, 0) is 21.2 Å². The second-order valence-corrected chi connectivity index (χ2v) is 8.75. The number of nitrogens with one attached hydrogen (secondary N) is 2. The molecule has 1 aromatic carbocycles. The molecule has 0 fully saturated rings. The molecular formula is C17H22N2O4S2. The summed E-state index contributed by atoms with van der Waals surface area (Å²) in [6.07, 6.45) is 0.0426. The highest BCUT2D eigenvalue weighted by molar-refractivity contribution is 7.91. The van der Waals surface area contributed by atoms with E-state index in [4.69, 9.17) is 0 Å². The van der Waals surface area contributed by atoms with Gasteiger partial charge >= 0.3 is 6.09 Å². The molecule has 2 N–H and O–H groups in total. The third-order valence-corrected chi connectivity index (χ3v) is 6.81. The van der Waals surface area contributed by atoms with Gasteiger partial charge in [0.2, 0.25) is 0 Å². The van der Waals surface area contributed by atoms with Crippen LogP contribution in [0.2, 0.25) is 0 Å². The Hall–Kier alpha value is -1.90. The van der Waals surface area contributed by atoms with E-state index in [2.05, 4.69) is 14.8 Å². The smallest absolute Gasteiger partial charge is 0.406 e. The molecule has 0 aliphatic rings. The Kier molecular flexibility index (Phi) is 6.57. The van der Waals surface area contributed by atoms with Crippen molar-refractivity contribution in [2.75, 3.05) is 13.7 Å². The fraction of sp³-hybridized carbons (Fsp3) is 0.353. The Morgan fingerprint density at radius 1 is 1.20 bits per heavy atom.